The average molecular weight is 334 g/mol. The summed E-state index contributed by atoms with van der Waals surface area (Å²) in [7, 11) is 4.92. The molecule has 0 aliphatic carbocycles. The van der Waals surface area contributed by atoms with Crippen LogP contribution in [-0.2, 0) is 0 Å². The zero-order valence-electron chi connectivity index (χ0n) is 13.7. The highest BCUT2D eigenvalue weighted by atomic mass is 35.5. The highest BCUT2D eigenvalue weighted by Crippen LogP contribution is 2.28. The fraction of sp³-hybridized carbons (Fsp3) is 0.278. The molecule has 0 spiro atoms. The van der Waals surface area contributed by atoms with Crippen molar-refractivity contribution in [2.45, 2.75) is 13.0 Å². The van der Waals surface area contributed by atoms with Crippen molar-refractivity contribution in [2.24, 2.45) is 0 Å². The van der Waals surface area contributed by atoms with E-state index in [9.17, 15) is 4.79 Å². The Labute approximate surface area is 141 Å². The van der Waals surface area contributed by atoms with Crippen molar-refractivity contribution >= 4 is 17.5 Å². The van der Waals surface area contributed by atoms with Crippen molar-refractivity contribution in [1.82, 2.24) is 4.90 Å². The van der Waals surface area contributed by atoms with Crippen molar-refractivity contribution in [3.63, 3.8) is 0 Å². The average Bonchev–Trinajstić information content (AvgIpc) is 2.59. The van der Waals surface area contributed by atoms with Gasteiger partial charge in [0.25, 0.3) is 5.91 Å². The minimum absolute atomic E-state index is 0.0999. The lowest BCUT2D eigenvalue weighted by molar-refractivity contribution is 0.0739. The third kappa shape index (κ3) is 3.77. The van der Waals surface area contributed by atoms with Crippen LogP contribution in [0.5, 0.6) is 11.5 Å². The Hall–Kier alpha value is -2.20. The Morgan fingerprint density at radius 3 is 2.30 bits per heavy atom. The van der Waals surface area contributed by atoms with Crippen molar-refractivity contribution in [3.05, 3.63) is 58.6 Å². The van der Waals surface area contributed by atoms with Gasteiger partial charge in [0.05, 0.1) is 25.8 Å². The molecular weight excluding hydrogens is 314 g/mol. The number of nitrogens with zero attached hydrogens (tertiary/aromatic N) is 1. The predicted octanol–water partition coefficient (Wildman–Crippen LogP) is 4.19. The summed E-state index contributed by atoms with van der Waals surface area (Å²) in [6.45, 7) is 1.97. The zero-order chi connectivity index (χ0) is 17.0. The van der Waals surface area contributed by atoms with Crippen molar-refractivity contribution in [3.8, 4) is 11.5 Å². The molecule has 0 heterocycles. The van der Waals surface area contributed by atoms with Crippen LogP contribution in [0.15, 0.2) is 42.5 Å². The molecule has 1 atom stereocenters. The van der Waals surface area contributed by atoms with Crippen LogP contribution in [-0.4, -0.2) is 32.1 Å². The van der Waals surface area contributed by atoms with Gasteiger partial charge in [-0.1, -0.05) is 23.7 Å². The van der Waals surface area contributed by atoms with E-state index in [1.807, 2.05) is 31.2 Å². The fourth-order valence-corrected chi connectivity index (χ4v) is 2.49. The number of benzene rings is 2. The number of hydrogen-bond acceptors (Lipinski definition) is 3. The van der Waals surface area contributed by atoms with Crippen LogP contribution in [0.1, 0.15) is 28.9 Å². The van der Waals surface area contributed by atoms with E-state index in [1.165, 1.54) is 7.11 Å². The maximum Gasteiger partial charge on any atom is 0.257 e. The maximum atomic E-state index is 12.8. The molecule has 0 N–H and O–H groups in total. The van der Waals surface area contributed by atoms with Gasteiger partial charge in [-0.2, -0.15) is 0 Å². The Morgan fingerprint density at radius 1 is 1.09 bits per heavy atom. The lowest BCUT2D eigenvalue weighted by atomic mass is 10.1. The third-order valence-electron chi connectivity index (χ3n) is 3.89. The summed E-state index contributed by atoms with van der Waals surface area (Å²) in [6.07, 6.45) is 0. The first-order valence-electron chi connectivity index (χ1n) is 7.22. The van der Waals surface area contributed by atoms with Gasteiger partial charge in [-0.3, -0.25) is 4.79 Å². The van der Waals surface area contributed by atoms with E-state index in [0.717, 1.165) is 11.3 Å². The monoisotopic (exact) mass is 333 g/mol. The van der Waals surface area contributed by atoms with E-state index in [1.54, 1.807) is 37.3 Å². The van der Waals surface area contributed by atoms with Crippen LogP contribution >= 0.6 is 11.6 Å². The van der Waals surface area contributed by atoms with E-state index in [4.69, 9.17) is 21.1 Å². The molecule has 23 heavy (non-hydrogen) atoms. The van der Waals surface area contributed by atoms with Gasteiger partial charge in [0.15, 0.2) is 0 Å². The smallest absolute Gasteiger partial charge is 0.257 e. The van der Waals surface area contributed by atoms with E-state index in [-0.39, 0.29) is 11.9 Å². The second kappa shape index (κ2) is 7.38. The minimum Gasteiger partial charge on any atom is -0.497 e. The fourth-order valence-electron chi connectivity index (χ4n) is 2.32. The lowest BCUT2D eigenvalue weighted by Crippen LogP contribution is -2.30. The van der Waals surface area contributed by atoms with Gasteiger partial charge in [-0.25, -0.2) is 0 Å². The van der Waals surface area contributed by atoms with E-state index >= 15 is 0 Å². The number of amides is 1. The van der Waals surface area contributed by atoms with Crippen LogP contribution in [0.3, 0.4) is 0 Å². The first-order chi connectivity index (χ1) is 11.0. The summed E-state index contributed by atoms with van der Waals surface area (Å²) in [5.74, 6) is 1.15. The summed E-state index contributed by atoms with van der Waals surface area (Å²) >= 11 is 6.01. The lowest BCUT2D eigenvalue weighted by Gasteiger charge is -2.26. The SMILES string of the molecule is COc1ccc(C(C)N(C)C(=O)c2cc(Cl)ccc2OC)cc1. The molecule has 1 amide bonds. The summed E-state index contributed by atoms with van der Waals surface area (Å²) in [4.78, 5) is 14.4. The standard InChI is InChI=1S/C18H20ClNO3/c1-12(13-5-8-15(22-3)9-6-13)20(2)18(21)16-11-14(19)7-10-17(16)23-4/h5-12H,1-4H3. The molecule has 0 aliphatic rings. The molecule has 2 rings (SSSR count). The molecule has 0 fully saturated rings. The van der Waals surface area contributed by atoms with E-state index in [0.29, 0.717) is 16.3 Å². The van der Waals surface area contributed by atoms with Crippen LogP contribution in [0.4, 0.5) is 0 Å². The van der Waals surface area contributed by atoms with E-state index < -0.39 is 0 Å². The number of ether oxygens (including phenoxy) is 2. The number of carbonyl (C=O) groups is 1. The molecule has 0 radical (unpaired) electrons. The maximum absolute atomic E-state index is 12.8. The first kappa shape index (κ1) is 17.2. The van der Waals surface area contributed by atoms with Crippen LogP contribution in [0.2, 0.25) is 5.02 Å². The third-order valence-corrected chi connectivity index (χ3v) is 4.13. The van der Waals surface area contributed by atoms with E-state index in [2.05, 4.69) is 0 Å². The molecule has 2 aromatic carbocycles. The number of halogens is 1. The highest BCUT2D eigenvalue weighted by molar-refractivity contribution is 6.31. The number of hydrogen-bond donors (Lipinski definition) is 0. The number of methoxy groups -OCH3 is 2. The Kier molecular flexibility index (Phi) is 5.50. The van der Waals surface area contributed by atoms with Crippen molar-refractivity contribution in [1.29, 1.82) is 0 Å². The molecule has 0 bridgehead atoms. The van der Waals surface area contributed by atoms with Gasteiger partial charge >= 0.3 is 0 Å². The minimum atomic E-state index is -0.146. The summed E-state index contributed by atoms with van der Waals surface area (Å²) < 4.78 is 10.4. The molecule has 122 valence electrons. The molecule has 0 saturated heterocycles. The Morgan fingerprint density at radius 2 is 1.74 bits per heavy atom. The van der Waals surface area contributed by atoms with Gasteiger partial charge in [0.2, 0.25) is 0 Å². The summed E-state index contributed by atoms with van der Waals surface area (Å²) in [5, 5.41) is 0.500. The molecule has 0 saturated carbocycles. The quantitative estimate of drug-likeness (QED) is 0.823. The Bertz CT molecular complexity index is 685. The molecule has 0 aliphatic heterocycles. The molecule has 1 unspecified atom stereocenters. The van der Waals surface area contributed by atoms with Crippen LogP contribution in [0, 0.1) is 0 Å². The van der Waals surface area contributed by atoms with Crippen molar-refractivity contribution in [2.75, 3.05) is 21.3 Å². The number of rotatable bonds is 5. The second-order valence-electron chi connectivity index (χ2n) is 5.21. The second-order valence-corrected chi connectivity index (χ2v) is 5.65. The molecule has 2 aromatic rings. The van der Waals surface area contributed by atoms with Crippen LogP contribution < -0.4 is 9.47 Å². The van der Waals surface area contributed by atoms with Gasteiger partial charge < -0.3 is 14.4 Å². The normalized spacial score (nSPS) is 11.7. The van der Waals surface area contributed by atoms with Crippen molar-refractivity contribution < 1.29 is 14.3 Å². The predicted molar refractivity (Wildman–Crippen MR) is 91.5 cm³/mol. The first-order valence-corrected chi connectivity index (χ1v) is 7.60. The summed E-state index contributed by atoms with van der Waals surface area (Å²) in [5.41, 5.74) is 1.46. The largest absolute Gasteiger partial charge is 0.497 e. The summed E-state index contributed by atoms with van der Waals surface area (Å²) in [6, 6.07) is 12.6. The van der Waals surface area contributed by atoms with Gasteiger partial charge in [0, 0.05) is 12.1 Å². The van der Waals surface area contributed by atoms with Crippen LogP contribution in [0.25, 0.3) is 0 Å². The topological polar surface area (TPSA) is 38.8 Å². The van der Waals surface area contributed by atoms with Gasteiger partial charge in [0.1, 0.15) is 11.5 Å². The molecule has 5 heteroatoms. The number of carbonyl (C=O) groups excluding carboxylic acids is 1. The molecular formula is C18H20ClNO3. The molecule has 4 nitrogen and oxygen atoms in total. The van der Waals surface area contributed by atoms with Gasteiger partial charge in [-0.05, 0) is 42.8 Å². The molecule has 0 aromatic heterocycles. The highest BCUT2D eigenvalue weighted by Gasteiger charge is 2.22. The zero-order valence-corrected chi connectivity index (χ0v) is 14.4. The Balaban J connectivity index is 2.26. The van der Waals surface area contributed by atoms with Gasteiger partial charge in [-0.15, -0.1) is 0 Å².